The van der Waals surface area contributed by atoms with Crippen LogP contribution in [0.1, 0.15) is 60.3 Å². The van der Waals surface area contributed by atoms with Crippen molar-refractivity contribution < 1.29 is 14.4 Å². The molecule has 0 unspecified atom stereocenters. The Morgan fingerprint density at radius 2 is 1.75 bits per heavy atom. The second kappa shape index (κ2) is 13.0. The van der Waals surface area contributed by atoms with Crippen LogP contribution in [-0.2, 0) is 16.0 Å². The highest BCUT2D eigenvalue weighted by Crippen LogP contribution is 2.30. The molecule has 4 N–H and O–H groups in total. The Morgan fingerprint density at radius 3 is 2.48 bits per heavy atom. The van der Waals surface area contributed by atoms with E-state index in [0.717, 1.165) is 47.9 Å². The minimum absolute atomic E-state index is 0.0566. The van der Waals surface area contributed by atoms with Crippen LogP contribution >= 0.6 is 11.3 Å². The molecule has 40 heavy (non-hydrogen) atoms. The number of para-hydroxylation sites is 1. The van der Waals surface area contributed by atoms with E-state index in [1.165, 1.54) is 11.3 Å². The Kier molecular flexibility index (Phi) is 9.24. The number of nitrogens with zero attached hydrogens (tertiary/aromatic N) is 2. The molecule has 2 heterocycles. The number of aromatic nitrogens is 1. The maximum atomic E-state index is 13.7. The summed E-state index contributed by atoms with van der Waals surface area (Å²) in [5.74, 6) is -0.123. The third-order valence-corrected chi connectivity index (χ3v) is 9.50. The summed E-state index contributed by atoms with van der Waals surface area (Å²) in [5.41, 5.74) is 8.05. The summed E-state index contributed by atoms with van der Waals surface area (Å²) in [4.78, 5) is 47.0. The van der Waals surface area contributed by atoms with Crippen molar-refractivity contribution in [2.45, 2.75) is 75.5 Å². The number of thiazole rings is 1. The van der Waals surface area contributed by atoms with Crippen molar-refractivity contribution >= 4 is 39.2 Å². The fourth-order valence-electron chi connectivity index (χ4n) is 6.11. The summed E-state index contributed by atoms with van der Waals surface area (Å²) in [6.07, 6.45) is 5.64. The van der Waals surface area contributed by atoms with E-state index in [2.05, 4.69) is 15.6 Å². The first kappa shape index (κ1) is 28.4. The largest absolute Gasteiger partial charge is 0.351 e. The number of hydrogen-bond acceptors (Lipinski definition) is 7. The first-order chi connectivity index (χ1) is 19.4. The summed E-state index contributed by atoms with van der Waals surface area (Å²) < 4.78 is 0.977. The van der Waals surface area contributed by atoms with E-state index in [0.29, 0.717) is 24.4 Å². The molecule has 9 heteroatoms. The van der Waals surface area contributed by atoms with Crippen molar-refractivity contribution in [2.24, 2.45) is 11.7 Å². The van der Waals surface area contributed by atoms with E-state index in [1.54, 1.807) is 11.9 Å². The molecule has 1 saturated heterocycles. The molecular formula is C31H39N5O3S. The number of carbonyl (C=O) groups excluding carboxylic acids is 3. The normalized spacial score (nSPS) is 22.6. The number of fused-ring (bicyclic) bond motifs is 1. The number of nitrogens with one attached hydrogen (secondary N) is 2. The van der Waals surface area contributed by atoms with Gasteiger partial charge in [-0.05, 0) is 75.6 Å². The van der Waals surface area contributed by atoms with Crippen LogP contribution in [0.4, 0.5) is 0 Å². The van der Waals surface area contributed by atoms with Crippen molar-refractivity contribution in [1.82, 2.24) is 20.5 Å². The molecule has 212 valence electrons. The average molecular weight is 562 g/mol. The molecule has 0 radical (unpaired) electrons. The topological polar surface area (TPSA) is 117 Å². The first-order valence-corrected chi connectivity index (χ1v) is 15.2. The molecule has 1 aliphatic heterocycles. The van der Waals surface area contributed by atoms with Crippen LogP contribution in [0.15, 0.2) is 54.6 Å². The van der Waals surface area contributed by atoms with Gasteiger partial charge in [-0.3, -0.25) is 14.4 Å². The van der Waals surface area contributed by atoms with Gasteiger partial charge in [0.05, 0.1) is 16.3 Å². The molecular weight excluding hydrogens is 522 g/mol. The number of likely N-dealkylation sites (tertiary alicyclic amines) is 1. The zero-order valence-corrected chi connectivity index (χ0v) is 23.9. The Hall–Kier alpha value is -3.14. The lowest BCUT2D eigenvalue weighted by Crippen LogP contribution is -2.55. The van der Waals surface area contributed by atoms with Gasteiger partial charge in [0.1, 0.15) is 6.04 Å². The highest BCUT2D eigenvalue weighted by atomic mass is 32.1. The van der Waals surface area contributed by atoms with Gasteiger partial charge in [-0.1, -0.05) is 42.5 Å². The molecule has 8 nitrogen and oxygen atoms in total. The summed E-state index contributed by atoms with van der Waals surface area (Å²) in [7, 11) is 1.79. The predicted molar refractivity (Wildman–Crippen MR) is 158 cm³/mol. The van der Waals surface area contributed by atoms with Gasteiger partial charge in [-0.15, -0.1) is 11.3 Å². The molecule has 1 aromatic heterocycles. The Bertz CT molecular complexity index is 1290. The van der Waals surface area contributed by atoms with Crippen LogP contribution < -0.4 is 16.4 Å². The van der Waals surface area contributed by atoms with Crippen LogP contribution in [0, 0.1) is 5.92 Å². The molecule has 3 aromatic rings. The number of hydrogen-bond donors (Lipinski definition) is 3. The molecule has 1 aliphatic carbocycles. The number of benzene rings is 2. The van der Waals surface area contributed by atoms with Crippen molar-refractivity contribution in [3.8, 4) is 0 Å². The number of nitrogens with two attached hydrogens (primary N) is 1. The minimum Gasteiger partial charge on any atom is -0.351 e. The maximum absolute atomic E-state index is 13.7. The molecule has 2 aromatic carbocycles. The van der Waals surface area contributed by atoms with Crippen LogP contribution in [0.25, 0.3) is 10.2 Å². The molecule has 0 bridgehead atoms. The van der Waals surface area contributed by atoms with E-state index in [1.807, 2.05) is 54.6 Å². The number of likely N-dealkylation sites (N-methyl/N-ethyl adjacent to an activating group) is 1. The van der Waals surface area contributed by atoms with Crippen LogP contribution in [0.3, 0.4) is 0 Å². The second-order valence-electron chi connectivity index (χ2n) is 11.1. The maximum Gasteiger partial charge on any atom is 0.243 e. The van der Waals surface area contributed by atoms with Crippen LogP contribution in [0.5, 0.6) is 0 Å². The molecule has 5 rings (SSSR count). The van der Waals surface area contributed by atoms with Gasteiger partial charge in [0.2, 0.25) is 11.8 Å². The molecule has 2 aliphatic rings. The number of rotatable bonds is 10. The molecule has 2 fully saturated rings. The average Bonchev–Trinajstić information content (AvgIpc) is 3.64. The second-order valence-corrected chi connectivity index (χ2v) is 12.2. The lowest BCUT2D eigenvalue weighted by Gasteiger charge is -2.34. The quantitative estimate of drug-likeness (QED) is 0.325. The van der Waals surface area contributed by atoms with Crippen molar-refractivity contribution in [2.75, 3.05) is 13.6 Å². The molecule has 3 atom stereocenters. The van der Waals surface area contributed by atoms with Gasteiger partial charge in [0.15, 0.2) is 10.8 Å². The highest BCUT2D eigenvalue weighted by molar-refractivity contribution is 7.20. The van der Waals surface area contributed by atoms with E-state index < -0.39 is 12.1 Å². The predicted octanol–water partition coefficient (Wildman–Crippen LogP) is 3.69. The fourth-order valence-corrected chi connectivity index (χ4v) is 7.02. The molecule has 0 spiro atoms. The van der Waals surface area contributed by atoms with Gasteiger partial charge in [0.25, 0.3) is 0 Å². The monoisotopic (exact) mass is 561 g/mol. The number of carbonyl (C=O) groups is 3. The Labute approximate surface area is 239 Å². The van der Waals surface area contributed by atoms with Gasteiger partial charge in [0, 0.05) is 25.0 Å². The van der Waals surface area contributed by atoms with E-state index in [-0.39, 0.29) is 42.0 Å². The standard InChI is InChI=1S/C31H39N5O3S/c1-33-25(18-20-8-3-2-4-9-20)31(39)36-17-7-11-26(36)29(38)34-24(21-13-15-22(32)16-14-21)19-27(37)30-35-23-10-5-6-12-28(23)40-30/h2-6,8-10,12,21-22,24-26,33H,7,11,13-19,32H2,1H3,(H,34,38)/t21?,22?,24-,25+,26-/m0/s1. The molecule has 2 amide bonds. The fraction of sp³-hybridized carbons (Fsp3) is 0.484. The number of amides is 2. The number of Topliss-reactive ketones (excluding diaryl/α,β-unsaturated/α-hetero) is 1. The lowest BCUT2D eigenvalue weighted by atomic mass is 9.80. The van der Waals surface area contributed by atoms with Crippen LogP contribution in [-0.4, -0.2) is 65.2 Å². The highest BCUT2D eigenvalue weighted by Gasteiger charge is 2.39. The van der Waals surface area contributed by atoms with Crippen molar-refractivity contribution in [1.29, 1.82) is 0 Å². The van der Waals surface area contributed by atoms with Crippen LogP contribution in [0.2, 0.25) is 0 Å². The zero-order chi connectivity index (χ0) is 28.1. The minimum atomic E-state index is -0.537. The lowest BCUT2D eigenvalue weighted by molar-refractivity contribution is -0.140. The van der Waals surface area contributed by atoms with Crippen molar-refractivity contribution in [3.05, 3.63) is 65.2 Å². The van der Waals surface area contributed by atoms with E-state index in [9.17, 15) is 14.4 Å². The first-order valence-electron chi connectivity index (χ1n) is 14.4. The van der Waals surface area contributed by atoms with E-state index >= 15 is 0 Å². The van der Waals surface area contributed by atoms with Gasteiger partial charge in [-0.2, -0.15) is 0 Å². The van der Waals surface area contributed by atoms with Gasteiger partial charge < -0.3 is 21.3 Å². The summed E-state index contributed by atoms with van der Waals surface area (Å²) in [5, 5.41) is 6.86. The zero-order valence-electron chi connectivity index (χ0n) is 23.1. The molecule has 1 saturated carbocycles. The Morgan fingerprint density at radius 1 is 1.02 bits per heavy atom. The van der Waals surface area contributed by atoms with Gasteiger partial charge >= 0.3 is 0 Å². The SMILES string of the molecule is CN[C@H](Cc1ccccc1)C(=O)N1CCC[C@H]1C(=O)N[C@@H](CC(=O)c1nc2ccccc2s1)C1CCC(N)CC1. The number of ketones is 1. The van der Waals surface area contributed by atoms with Gasteiger partial charge in [-0.25, -0.2) is 4.98 Å². The third-order valence-electron chi connectivity index (χ3n) is 8.42. The Balaban J connectivity index is 1.29. The summed E-state index contributed by atoms with van der Waals surface area (Å²) >= 11 is 1.40. The van der Waals surface area contributed by atoms with E-state index in [4.69, 9.17) is 5.73 Å². The van der Waals surface area contributed by atoms with Crippen molar-refractivity contribution in [3.63, 3.8) is 0 Å². The smallest absolute Gasteiger partial charge is 0.243 e. The third kappa shape index (κ3) is 6.59. The summed E-state index contributed by atoms with van der Waals surface area (Å²) in [6.45, 7) is 0.553. The summed E-state index contributed by atoms with van der Waals surface area (Å²) in [6, 6.07) is 16.5.